The van der Waals surface area contributed by atoms with Crippen LogP contribution in [0.4, 0.5) is 0 Å². The Hall–Kier alpha value is -0.710. The predicted octanol–water partition coefficient (Wildman–Crippen LogP) is 1.94. The number of amides is 1. The van der Waals surface area contributed by atoms with Gasteiger partial charge in [-0.25, -0.2) is 4.79 Å². The van der Waals surface area contributed by atoms with Crippen LogP contribution in [0.15, 0.2) is 0 Å². The lowest BCUT2D eigenvalue weighted by Gasteiger charge is -2.24. The first-order valence-corrected chi connectivity index (χ1v) is 6.78. The average Bonchev–Trinajstić information content (AvgIpc) is 2.57. The van der Waals surface area contributed by atoms with Crippen molar-refractivity contribution in [2.45, 2.75) is 56.7 Å². The van der Waals surface area contributed by atoms with Crippen LogP contribution < -0.4 is 0 Å². The van der Waals surface area contributed by atoms with E-state index in [1.165, 1.54) is 4.90 Å². The number of rotatable bonds is 7. The lowest BCUT2D eigenvalue weighted by Crippen LogP contribution is -2.42. The number of carboxylic acid groups (broad SMARTS) is 1. The lowest BCUT2D eigenvalue weighted by atomic mass is 10.1. The maximum atomic E-state index is 11.6. The first kappa shape index (κ1) is 14.4. The van der Waals surface area contributed by atoms with E-state index in [-0.39, 0.29) is 11.2 Å². The van der Waals surface area contributed by atoms with E-state index in [9.17, 15) is 14.7 Å². The smallest absolute Gasteiger partial charge is 0.326 e. The van der Waals surface area contributed by atoms with Crippen LogP contribution in [0, 0.1) is 0 Å². The van der Waals surface area contributed by atoms with Crippen molar-refractivity contribution in [2.24, 2.45) is 0 Å². The highest BCUT2D eigenvalue weighted by molar-refractivity contribution is 7.81. The van der Waals surface area contributed by atoms with E-state index < -0.39 is 12.0 Å². The summed E-state index contributed by atoms with van der Waals surface area (Å²) in [6.07, 6.45) is 5.07. The van der Waals surface area contributed by atoms with Gasteiger partial charge in [0.25, 0.3) is 0 Å². The molecule has 0 bridgehead atoms. The fourth-order valence-electron chi connectivity index (χ4n) is 2.19. The number of thiol groups is 1. The molecule has 0 aromatic rings. The molecule has 1 heterocycles. The van der Waals surface area contributed by atoms with Gasteiger partial charge in [0.05, 0.1) is 0 Å². The Bertz CT molecular complexity index is 283. The van der Waals surface area contributed by atoms with Crippen molar-refractivity contribution >= 4 is 24.5 Å². The van der Waals surface area contributed by atoms with E-state index in [1.54, 1.807) is 0 Å². The summed E-state index contributed by atoms with van der Waals surface area (Å²) >= 11 is 4.24. The molecule has 0 radical (unpaired) electrons. The first-order valence-electron chi connectivity index (χ1n) is 6.26. The molecule has 17 heavy (non-hydrogen) atoms. The van der Waals surface area contributed by atoms with Gasteiger partial charge < -0.3 is 10.0 Å². The average molecular weight is 259 g/mol. The van der Waals surface area contributed by atoms with Crippen LogP contribution in [0.25, 0.3) is 0 Å². The number of likely N-dealkylation sites (tertiary alicyclic amines) is 1. The number of hydrogen-bond acceptors (Lipinski definition) is 3. The molecule has 4 nitrogen and oxygen atoms in total. The number of unbranched alkanes of at least 4 members (excludes halogenated alkanes) is 3. The van der Waals surface area contributed by atoms with Crippen LogP contribution in [-0.2, 0) is 9.59 Å². The molecule has 0 saturated carbocycles. The summed E-state index contributed by atoms with van der Waals surface area (Å²) in [7, 11) is 0. The Morgan fingerprint density at radius 1 is 1.53 bits per heavy atom. The molecule has 1 amide bonds. The van der Waals surface area contributed by atoms with Crippen LogP contribution >= 0.6 is 12.6 Å². The monoisotopic (exact) mass is 259 g/mol. The topological polar surface area (TPSA) is 57.6 Å². The largest absolute Gasteiger partial charge is 0.480 e. The summed E-state index contributed by atoms with van der Waals surface area (Å²) < 4.78 is 0. The third-order valence-corrected chi connectivity index (χ3v) is 3.48. The Kier molecular flexibility index (Phi) is 5.82. The minimum atomic E-state index is -0.891. The zero-order valence-corrected chi connectivity index (χ0v) is 11.2. The second kappa shape index (κ2) is 6.89. The van der Waals surface area contributed by atoms with E-state index in [0.29, 0.717) is 19.4 Å². The summed E-state index contributed by atoms with van der Waals surface area (Å²) in [5.74, 6) is -0.967. The summed E-state index contributed by atoms with van der Waals surface area (Å²) in [6.45, 7) is 2.58. The summed E-state index contributed by atoms with van der Waals surface area (Å²) in [4.78, 5) is 24.3. The molecule has 1 N–H and O–H groups in total. The molecule has 1 fully saturated rings. The van der Waals surface area contributed by atoms with Crippen molar-refractivity contribution in [3.05, 3.63) is 0 Å². The normalized spacial score (nSPS) is 21.9. The van der Waals surface area contributed by atoms with Crippen molar-refractivity contribution in [1.82, 2.24) is 4.90 Å². The zero-order chi connectivity index (χ0) is 12.8. The third kappa shape index (κ3) is 4.22. The van der Waals surface area contributed by atoms with Gasteiger partial charge in [0.1, 0.15) is 6.04 Å². The van der Waals surface area contributed by atoms with Gasteiger partial charge in [-0.05, 0) is 6.42 Å². The number of aliphatic carboxylic acids is 1. The number of carbonyl (C=O) groups is 2. The van der Waals surface area contributed by atoms with Crippen LogP contribution in [0.5, 0.6) is 0 Å². The SMILES string of the molecule is CCCCCCC(C(=O)O)N1CC(S)CC1=O. The Balaban J connectivity index is 2.48. The highest BCUT2D eigenvalue weighted by atomic mass is 32.1. The van der Waals surface area contributed by atoms with Crippen molar-refractivity contribution in [3.63, 3.8) is 0 Å². The Morgan fingerprint density at radius 2 is 2.24 bits per heavy atom. The molecule has 2 unspecified atom stereocenters. The van der Waals surface area contributed by atoms with Crippen molar-refractivity contribution < 1.29 is 14.7 Å². The quantitative estimate of drug-likeness (QED) is 0.542. The third-order valence-electron chi connectivity index (χ3n) is 3.13. The first-order chi connectivity index (χ1) is 8.06. The number of carboxylic acids is 1. The minimum Gasteiger partial charge on any atom is -0.480 e. The zero-order valence-electron chi connectivity index (χ0n) is 10.3. The number of carbonyl (C=O) groups excluding carboxylic acids is 1. The summed E-state index contributed by atoms with van der Waals surface area (Å²) in [6, 6.07) is -0.656. The molecule has 0 spiro atoms. The number of nitrogens with zero attached hydrogens (tertiary/aromatic N) is 1. The highest BCUT2D eigenvalue weighted by Gasteiger charge is 2.35. The molecule has 1 aliphatic heterocycles. The molecule has 98 valence electrons. The maximum absolute atomic E-state index is 11.6. The molecular weight excluding hydrogens is 238 g/mol. The van der Waals surface area contributed by atoms with Gasteiger partial charge in [0, 0.05) is 18.2 Å². The molecule has 0 aliphatic carbocycles. The maximum Gasteiger partial charge on any atom is 0.326 e. The van der Waals surface area contributed by atoms with Crippen molar-refractivity contribution in [2.75, 3.05) is 6.54 Å². The summed E-state index contributed by atoms with van der Waals surface area (Å²) in [5, 5.41) is 9.16. The Labute approximate surface area is 108 Å². The van der Waals surface area contributed by atoms with Crippen LogP contribution in [0.2, 0.25) is 0 Å². The van der Waals surface area contributed by atoms with Gasteiger partial charge in [0.2, 0.25) is 5.91 Å². The summed E-state index contributed by atoms with van der Waals surface area (Å²) in [5.41, 5.74) is 0. The van der Waals surface area contributed by atoms with Gasteiger partial charge in [-0.1, -0.05) is 32.6 Å². The van der Waals surface area contributed by atoms with Crippen molar-refractivity contribution in [1.29, 1.82) is 0 Å². The van der Waals surface area contributed by atoms with E-state index >= 15 is 0 Å². The van der Waals surface area contributed by atoms with Crippen LogP contribution in [0.3, 0.4) is 0 Å². The number of hydrogen-bond donors (Lipinski definition) is 2. The van der Waals surface area contributed by atoms with Gasteiger partial charge in [-0.15, -0.1) is 0 Å². The second-order valence-corrected chi connectivity index (χ2v) is 5.34. The highest BCUT2D eigenvalue weighted by Crippen LogP contribution is 2.21. The van der Waals surface area contributed by atoms with Gasteiger partial charge in [0.15, 0.2) is 0 Å². The molecule has 1 saturated heterocycles. The molecule has 1 aliphatic rings. The molecule has 5 heteroatoms. The van der Waals surface area contributed by atoms with E-state index in [0.717, 1.165) is 25.7 Å². The predicted molar refractivity (Wildman–Crippen MR) is 69.3 cm³/mol. The van der Waals surface area contributed by atoms with Gasteiger partial charge >= 0.3 is 5.97 Å². The molecular formula is C12H21NO3S. The second-order valence-electron chi connectivity index (χ2n) is 4.61. The fourth-order valence-corrected chi connectivity index (χ4v) is 2.52. The van der Waals surface area contributed by atoms with Gasteiger partial charge in [-0.2, -0.15) is 12.6 Å². The standard InChI is InChI=1S/C12H21NO3S/c1-2-3-4-5-6-10(12(15)16)13-8-9(17)7-11(13)14/h9-10,17H,2-8H2,1H3,(H,15,16). The van der Waals surface area contributed by atoms with Crippen molar-refractivity contribution in [3.8, 4) is 0 Å². The van der Waals surface area contributed by atoms with E-state index in [1.807, 2.05) is 0 Å². The van der Waals surface area contributed by atoms with Crippen LogP contribution in [0.1, 0.15) is 45.4 Å². The molecule has 0 aromatic carbocycles. The van der Waals surface area contributed by atoms with Gasteiger partial charge in [-0.3, -0.25) is 4.79 Å². The molecule has 1 rings (SSSR count). The fraction of sp³-hybridized carbons (Fsp3) is 0.833. The minimum absolute atomic E-state index is 0.0139. The lowest BCUT2D eigenvalue weighted by molar-refractivity contribution is -0.148. The van der Waals surface area contributed by atoms with Crippen LogP contribution in [-0.4, -0.2) is 39.7 Å². The molecule has 0 aromatic heterocycles. The van der Waals surface area contributed by atoms with E-state index in [4.69, 9.17) is 0 Å². The Morgan fingerprint density at radius 3 is 2.71 bits per heavy atom. The van der Waals surface area contributed by atoms with E-state index in [2.05, 4.69) is 19.6 Å². The molecule has 2 atom stereocenters.